The number of carbonyl (C=O) groups excluding carboxylic acids is 1. The van der Waals surface area contributed by atoms with Gasteiger partial charge in [-0.05, 0) is 81.6 Å². The summed E-state index contributed by atoms with van der Waals surface area (Å²) in [5.74, 6) is -0.492. The predicted molar refractivity (Wildman–Crippen MR) is 150 cm³/mol. The van der Waals surface area contributed by atoms with Crippen LogP contribution in [0, 0.1) is 0 Å². The number of aliphatic carboxylic acids is 1. The number of hydrogen-bond donors (Lipinski definition) is 1. The Morgan fingerprint density at radius 2 is 1.13 bits per heavy atom. The summed E-state index contributed by atoms with van der Waals surface area (Å²) in [5, 5.41) is 11.1. The Bertz CT molecular complexity index is 1710. The van der Waals surface area contributed by atoms with Gasteiger partial charge in [0.15, 0.2) is 0 Å². The molecule has 4 aromatic carbocycles. The lowest BCUT2D eigenvalue weighted by Crippen LogP contribution is -2.35. The first-order valence-corrected chi connectivity index (χ1v) is 13.7. The molecule has 0 saturated heterocycles. The average Bonchev–Trinajstić information content (AvgIpc) is 3.68. The number of hydrogen-bond acceptors (Lipinski definition) is 3. The van der Waals surface area contributed by atoms with E-state index in [-0.39, 0.29) is 17.8 Å². The molecule has 0 spiro atoms. The zero-order valence-corrected chi connectivity index (χ0v) is 22.6. The van der Waals surface area contributed by atoms with E-state index in [0.717, 1.165) is 39.8 Å². The lowest BCUT2D eigenvalue weighted by molar-refractivity contribution is -0.145. The second-order valence-corrected chi connectivity index (χ2v) is 11.6. The standard InChI is InChI=1S/C17H13ClO2.C16H11ClO2/c1-20-16(19)17-9-13(11-4-2-3-5-14(11)17)12-7-6-10(18)8-15(12)17;17-9-5-6-11-12-8-16(15(18)19,14(11)7-9)13-4-2-1-3-10(12)13/h2-8,13H,9H2,1H3;1-7,12H,8H2,(H,18,19). The largest absolute Gasteiger partial charge is 0.480 e. The highest BCUT2D eigenvalue weighted by Gasteiger charge is 2.59. The molecule has 0 fully saturated rings. The van der Waals surface area contributed by atoms with Crippen molar-refractivity contribution in [2.24, 2.45) is 0 Å². The predicted octanol–water partition coefficient (Wildman–Crippen LogP) is 7.21. The van der Waals surface area contributed by atoms with Crippen molar-refractivity contribution < 1.29 is 19.4 Å². The maximum absolute atomic E-state index is 12.6. The number of rotatable bonds is 2. The Balaban J connectivity index is 0.000000130. The minimum absolute atomic E-state index is 0.187. The molecule has 0 radical (unpaired) electrons. The maximum atomic E-state index is 12.6. The van der Waals surface area contributed by atoms with E-state index in [9.17, 15) is 14.7 Å². The van der Waals surface area contributed by atoms with E-state index in [1.165, 1.54) is 18.2 Å². The van der Waals surface area contributed by atoms with E-state index in [0.29, 0.717) is 16.5 Å². The summed E-state index contributed by atoms with van der Waals surface area (Å²) >= 11 is 12.2. The van der Waals surface area contributed by atoms with Crippen molar-refractivity contribution in [1.29, 1.82) is 0 Å². The second-order valence-electron chi connectivity index (χ2n) is 10.8. The molecule has 4 nitrogen and oxygen atoms in total. The highest BCUT2D eigenvalue weighted by molar-refractivity contribution is 6.31. The Labute approximate surface area is 236 Å². The summed E-state index contributed by atoms with van der Waals surface area (Å²) in [4.78, 5) is 24.5. The van der Waals surface area contributed by atoms with E-state index in [4.69, 9.17) is 27.9 Å². The number of esters is 1. The first-order valence-electron chi connectivity index (χ1n) is 12.9. The van der Waals surface area contributed by atoms with Gasteiger partial charge in [-0.15, -0.1) is 0 Å². The summed E-state index contributed by atoms with van der Waals surface area (Å²) in [6, 6.07) is 27.5. The van der Waals surface area contributed by atoms with Crippen LogP contribution in [0.4, 0.5) is 0 Å². The fourth-order valence-electron chi connectivity index (χ4n) is 7.70. The van der Waals surface area contributed by atoms with Crippen molar-refractivity contribution >= 4 is 35.1 Å². The van der Waals surface area contributed by atoms with Crippen LogP contribution in [0.2, 0.25) is 10.0 Å². The second kappa shape index (κ2) is 8.45. The van der Waals surface area contributed by atoms with Gasteiger partial charge in [-0.2, -0.15) is 0 Å². The molecule has 0 saturated carbocycles. The van der Waals surface area contributed by atoms with Gasteiger partial charge in [0, 0.05) is 21.9 Å². The van der Waals surface area contributed by atoms with Crippen molar-refractivity contribution in [3.63, 3.8) is 0 Å². The molecule has 0 amide bonds. The lowest BCUT2D eigenvalue weighted by Gasteiger charge is -2.28. The molecule has 4 atom stereocenters. The van der Waals surface area contributed by atoms with Crippen molar-refractivity contribution in [2.75, 3.05) is 7.11 Å². The summed E-state index contributed by atoms with van der Waals surface area (Å²) in [7, 11) is 1.45. The van der Waals surface area contributed by atoms with E-state index < -0.39 is 16.8 Å². The molecule has 39 heavy (non-hydrogen) atoms. The smallest absolute Gasteiger partial charge is 0.320 e. The molecular formula is C33H24Cl2O4. The number of carboxylic acids is 1. The number of fused-ring (bicyclic) bond motifs is 16. The first-order chi connectivity index (χ1) is 18.8. The first kappa shape index (κ1) is 24.4. The quantitative estimate of drug-likeness (QED) is 0.266. The molecule has 194 valence electrons. The molecule has 4 bridgehead atoms. The summed E-state index contributed by atoms with van der Waals surface area (Å²) in [6.07, 6.45) is 1.38. The third-order valence-corrected chi connectivity index (χ3v) is 9.68. The Morgan fingerprint density at radius 3 is 1.64 bits per heavy atom. The molecule has 4 aromatic rings. The zero-order valence-electron chi connectivity index (χ0n) is 21.1. The molecule has 0 heterocycles. The molecule has 6 heteroatoms. The van der Waals surface area contributed by atoms with Gasteiger partial charge in [0.25, 0.3) is 0 Å². The van der Waals surface area contributed by atoms with Gasteiger partial charge < -0.3 is 9.84 Å². The fraction of sp³-hybridized carbons (Fsp3) is 0.212. The van der Waals surface area contributed by atoms with Crippen molar-refractivity contribution in [1.82, 2.24) is 0 Å². The van der Waals surface area contributed by atoms with Gasteiger partial charge in [-0.3, -0.25) is 9.59 Å². The minimum Gasteiger partial charge on any atom is -0.480 e. The van der Waals surface area contributed by atoms with Crippen molar-refractivity contribution in [3.8, 4) is 0 Å². The molecule has 0 aliphatic heterocycles. The average molecular weight is 555 g/mol. The van der Waals surface area contributed by atoms with E-state index in [2.05, 4.69) is 6.07 Å². The van der Waals surface area contributed by atoms with Crippen molar-refractivity contribution in [2.45, 2.75) is 35.5 Å². The third-order valence-electron chi connectivity index (χ3n) is 9.21. The number of halogens is 2. The number of ether oxygens (including phenoxy) is 1. The molecule has 4 aliphatic rings. The molecule has 8 rings (SSSR count). The van der Waals surface area contributed by atoms with Crippen LogP contribution in [0.1, 0.15) is 69.2 Å². The lowest BCUT2D eigenvalue weighted by atomic mass is 9.75. The van der Waals surface area contributed by atoms with Crippen LogP contribution in [-0.2, 0) is 25.2 Å². The van der Waals surface area contributed by atoms with Crippen LogP contribution < -0.4 is 0 Å². The van der Waals surface area contributed by atoms with Gasteiger partial charge in [0.05, 0.1) is 7.11 Å². The van der Waals surface area contributed by atoms with Gasteiger partial charge in [0.2, 0.25) is 0 Å². The highest BCUT2D eigenvalue weighted by Crippen LogP contribution is 2.62. The van der Waals surface area contributed by atoms with Crippen LogP contribution in [0.5, 0.6) is 0 Å². The van der Waals surface area contributed by atoms with Gasteiger partial charge in [0.1, 0.15) is 10.8 Å². The minimum atomic E-state index is -0.901. The third kappa shape index (κ3) is 3.07. The summed E-state index contributed by atoms with van der Waals surface area (Å²) in [6.45, 7) is 0. The normalized spacial score (nSPS) is 25.6. The number of carbonyl (C=O) groups is 2. The van der Waals surface area contributed by atoms with Crippen LogP contribution in [0.15, 0.2) is 84.9 Å². The van der Waals surface area contributed by atoms with Crippen LogP contribution >= 0.6 is 23.2 Å². The highest BCUT2D eigenvalue weighted by atomic mass is 35.5. The summed E-state index contributed by atoms with van der Waals surface area (Å²) in [5.41, 5.74) is 7.04. The number of carboxylic acid groups (broad SMARTS) is 1. The van der Waals surface area contributed by atoms with E-state index in [1.54, 1.807) is 0 Å². The molecule has 1 N–H and O–H groups in total. The van der Waals surface area contributed by atoms with Crippen LogP contribution in [0.3, 0.4) is 0 Å². The molecule has 4 aliphatic carbocycles. The van der Waals surface area contributed by atoms with Crippen LogP contribution in [-0.4, -0.2) is 24.2 Å². The maximum Gasteiger partial charge on any atom is 0.320 e. The van der Waals surface area contributed by atoms with Gasteiger partial charge >= 0.3 is 11.9 Å². The monoisotopic (exact) mass is 554 g/mol. The molecular weight excluding hydrogens is 531 g/mol. The Kier molecular flexibility index (Phi) is 5.29. The molecule has 4 unspecified atom stereocenters. The topological polar surface area (TPSA) is 63.6 Å². The Morgan fingerprint density at radius 1 is 0.692 bits per heavy atom. The summed E-state index contributed by atoms with van der Waals surface area (Å²) < 4.78 is 5.13. The van der Waals surface area contributed by atoms with E-state index in [1.807, 2.05) is 78.9 Å². The number of benzene rings is 4. The SMILES string of the molecule is COC(=O)C12CC(c3ccccc31)c1ccc(Cl)cc12.O=C(O)C12CC(c3ccccc31)c1ccc(Cl)cc12. The van der Waals surface area contributed by atoms with Crippen LogP contribution in [0.25, 0.3) is 0 Å². The fourth-order valence-corrected chi connectivity index (χ4v) is 8.04. The van der Waals surface area contributed by atoms with Gasteiger partial charge in [-0.1, -0.05) is 83.9 Å². The number of methoxy groups -OCH3 is 1. The zero-order chi connectivity index (χ0) is 27.1. The van der Waals surface area contributed by atoms with E-state index >= 15 is 0 Å². The van der Waals surface area contributed by atoms with Crippen molar-refractivity contribution in [3.05, 3.63) is 139 Å². The Hall–Kier alpha value is -3.60. The molecule has 0 aromatic heterocycles. The van der Waals surface area contributed by atoms with Gasteiger partial charge in [-0.25, -0.2) is 0 Å².